The number of aromatic amines is 1. The number of ether oxygens (including phenoxy) is 2. The molecule has 0 amide bonds. The molecular weight excluding hydrogens is 542 g/mol. The lowest BCUT2D eigenvalue weighted by Crippen LogP contribution is -2.58. The normalized spacial score (nSPS) is 38.4. The first-order valence-corrected chi connectivity index (χ1v) is 13.0. The van der Waals surface area contributed by atoms with E-state index >= 15 is 0 Å². The molecule has 21 heteroatoms. The Morgan fingerprint density at radius 1 is 0.917 bits per heavy atom. The topological polar surface area (TPSA) is 297 Å². The maximum absolute atomic E-state index is 12.2. The van der Waals surface area contributed by atoms with E-state index in [2.05, 4.69) is 13.4 Å². The van der Waals surface area contributed by atoms with Crippen molar-refractivity contribution in [1.82, 2.24) is 9.55 Å². The van der Waals surface area contributed by atoms with Gasteiger partial charge in [0, 0.05) is 12.3 Å². The van der Waals surface area contributed by atoms with Crippen LogP contribution >= 0.6 is 15.6 Å². The molecule has 0 aromatic carbocycles. The second kappa shape index (κ2) is 11.2. The highest BCUT2D eigenvalue weighted by Gasteiger charge is 2.49. The Labute approximate surface area is 199 Å². The van der Waals surface area contributed by atoms with Crippen molar-refractivity contribution in [3.05, 3.63) is 33.1 Å². The zero-order valence-electron chi connectivity index (χ0n) is 17.9. The van der Waals surface area contributed by atoms with Crippen LogP contribution in [-0.4, -0.2) is 112 Å². The minimum atomic E-state index is -5.59. The van der Waals surface area contributed by atoms with Crippen LogP contribution in [0.5, 0.6) is 0 Å². The number of aliphatic hydroxyl groups is 6. The van der Waals surface area contributed by atoms with Crippen molar-refractivity contribution in [2.24, 2.45) is 0 Å². The van der Waals surface area contributed by atoms with Gasteiger partial charge in [-0.3, -0.25) is 23.4 Å². The lowest BCUT2D eigenvalue weighted by molar-refractivity contribution is -0.280. The fraction of sp³-hybridized carbons (Fsp3) is 0.733. The van der Waals surface area contributed by atoms with Crippen molar-refractivity contribution in [3.8, 4) is 0 Å². The summed E-state index contributed by atoms with van der Waals surface area (Å²) in [5, 5.41) is 58.6. The molecule has 0 bridgehead atoms. The minimum Gasteiger partial charge on any atom is -0.394 e. The molecule has 19 nitrogen and oxygen atoms in total. The first kappa shape index (κ1) is 29.2. The van der Waals surface area contributed by atoms with Crippen LogP contribution in [0, 0.1) is 0 Å². The van der Waals surface area contributed by atoms with Gasteiger partial charge < -0.3 is 49.9 Å². The summed E-state index contributed by atoms with van der Waals surface area (Å²) in [5.74, 6) is 0. The Morgan fingerprint density at radius 3 is 2.17 bits per heavy atom. The zero-order chi connectivity index (χ0) is 27.0. The molecule has 0 spiro atoms. The molecule has 0 aliphatic carbocycles. The number of hydrogen-bond donors (Lipinski definition) is 9. The Kier molecular flexibility index (Phi) is 9.05. The SMILES string of the molecule is O=c1ccn([C@@H]2O[C@@H](COP(=O)(O)OP(=O)(O)O[C@H]3O[C@H](CO)[C@@H](O)[C@H](O)[C@H]3O)[C@@H](O)[C@H]2O)c(=O)[nH]1. The van der Waals surface area contributed by atoms with Gasteiger partial charge in [-0.25, -0.2) is 13.9 Å². The third kappa shape index (κ3) is 6.54. The molecule has 2 unspecified atom stereocenters. The number of phosphoric acid groups is 2. The summed E-state index contributed by atoms with van der Waals surface area (Å²) in [7, 11) is -11.1. The van der Waals surface area contributed by atoms with Gasteiger partial charge in [-0.2, -0.15) is 4.31 Å². The van der Waals surface area contributed by atoms with Crippen molar-refractivity contribution in [3.63, 3.8) is 0 Å². The van der Waals surface area contributed by atoms with E-state index in [1.807, 2.05) is 4.98 Å². The van der Waals surface area contributed by atoms with E-state index < -0.39 is 95.4 Å². The number of rotatable bonds is 9. The maximum atomic E-state index is 12.2. The Morgan fingerprint density at radius 2 is 1.56 bits per heavy atom. The predicted octanol–water partition coefficient (Wildman–Crippen LogP) is -4.79. The van der Waals surface area contributed by atoms with Crippen molar-refractivity contribution >= 4 is 15.6 Å². The van der Waals surface area contributed by atoms with Crippen LogP contribution in [0.1, 0.15) is 6.23 Å². The van der Waals surface area contributed by atoms with Gasteiger partial charge in [0.05, 0.1) is 13.2 Å². The Bertz CT molecular complexity index is 1120. The average molecular weight is 566 g/mol. The predicted molar refractivity (Wildman–Crippen MR) is 109 cm³/mol. The van der Waals surface area contributed by atoms with Gasteiger partial charge in [0.25, 0.3) is 5.56 Å². The summed E-state index contributed by atoms with van der Waals surface area (Å²) < 4.78 is 48.1. The van der Waals surface area contributed by atoms with Crippen LogP contribution in [0.3, 0.4) is 0 Å². The third-order valence-electron chi connectivity index (χ3n) is 5.16. The minimum absolute atomic E-state index is 0.723. The molecular formula is C15H24N2O17P2. The van der Waals surface area contributed by atoms with E-state index in [4.69, 9.17) is 14.6 Å². The van der Waals surface area contributed by atoms with Gasteiger partial charge in [0.2, 0.25) is 0 Å². The van der Waals surface area contributed by atoms with Gasteiger partial charge in [-0.1, -0.05) is 0 Å². The van der Waals surface area contributed by atoms with Crippen molar-refractivity contribution in [2.45, 2.75) is 55.2 Å². The number of phosphoric ester groups is 2. The lowest BCUT2D eigenvalue weighted by Gasteiger charge is -2.39. The molecule has 206 valence electrons. The highest BCUT2D eigenvalue weighted by molar-refractivity contribution is 7.61. The summed E-state index contributed by atoms with van der Waals surface area (Å²) in [4.78, 5) is 44.5. The smallest absolute Gasteiger partial charge is 0.394 e. The average Bonchev–Trinajstić information content (AvgIpc) is 3.06. The standard InChI is InChI=1S/C15H24N2O17P2/c18-3-5-8(20)10(22)12(24)14(32-5)33-36(28,29)34-35(26,27)30-4-6-9(21)11(23)13(31-6)17-2-1-7(19)16-15(17)25/h1-2,5-6,8-14,18,20-24H,3-4H2,(H,26,27)(H,28,29)(H,16,19,25)/t5-,6+,8-,9-,10+,11-,12-,13-,14-/m1/s1. The van der Waals surface area contributed by atoms with Crippen molar-refractivity contribution < 1.29 is 72.4 Å². The second-order valence-electron chi connectivity index (χ2n) is 7.68. The molecule has 2 saturated heterocycles. The van der Waals surface area contributed by atoms with Gasteiger partial charge in [-0.15, -0.1) is 0 Å². The van der Waals surface area contributed by atoms with E-state index in [0.29, 0.717) is 0 Å². The summed E-state index contributed by atoms with van der Waals surface area (Å²) in [6, 6.07) is 0.928. The number of aromatic nitrogens is 2. The molecule has 1 aromatic rings. The third-order valence-corrected chi connectivity index (χ3v) is 7.76. The molecule has 1 aromatic heterocycles. The summed E-state index contributed by atoms with van der Waals surface area (Å²) in [6.45, 7) is -1.93. The molecule has 2 aliphatic rings. The van der Waals surface area contributed by atoms with Gasteiger partial charge in [0.1, 0.15) is 42.7 Å². The van der Waals surface area contributed by atoms with E-state index in [1.54, 1.807) is 0 Å². The number of hydrogen-bond acceptors (Lipinski definition) is 15. The first-order chi connectivity index (χ1) is 16.7. The quantitative estimate of drug-likeness (QED) is 0.127. The molecule has 0 saturated carbocycles. The molecule has 3 rings (SSSR count). The fourth-order valence-electron chi connectivity index (χ4n) is 3.35. The molecule has 2 fully saturated rings. The number of aliphatic hydroxyl groups excluding tert-OH is 6. The number of H-pyrrole nitrogens is 1. The molecule has 3 heterocycles. The fourth-order valence-corrected chi connectivity index (χ4v) is 5.51. The maximum Gasteiger partial charge on any atom is 0.483 e. The molecule has 2 aliphatic heterocycles. The van der Waals surface area contributed by atoms with Gasteiger partial charge in [0.15, 0.2) is 12.5 Å². The molecule has 11 atom stereocenters. The lowest BCUT2D eigenvalue weighted by atomic mass is 10.00. The Balaban J connectivity index is 1.61. The molecule has 9 N–H and O–H groups in total. The van der Waals surface area contributed by atoms with Crippen molar-refractivity contribution in [2.75, 3.05) is 13.2 Å². The van der Waals surface area contributed by atoms with E-state index in [-0.39, 0.29) is 0 Å². The van der Waals surface area contributed by atoms with Crippen LogP contribution in [-0.2, 0) is 32.0 Å². The molecule has 36 heavy (non-hydrogen) atoms. The van der Waals surface area contributed by atoms with Crippen molar-refractivity contribution in [1.29, 1.82) is 0 Å². The first-order valence-electron chi connectivity index (χ1n) is 9.99. The monoisotopic (exact) mass is 566 g/mol. The van der Waals surface area contributed by atoms with Crippen LogP contribution in [0.2, 0.25) is 0 Å². The van der Waals surface area contributed by atoms with Crippen LogP contribution < -0.4 is 11.2 Å². The number of nitrogens with one attached hydrogen (secondary N) is 1. The highest BCUT2D eigenvalue weighted by atomic mass is 31.3. The summed E-state index contributed by atoms with van der Waals surface area (Å²) in [6.07, 6.45) is -15.4. The van der Waals surface area contributed by atoms with Crippen LogP contribution in [0.15, 0.2) is 21.9 Å². The number of nitrogens with zero attached hydrogens (tertiary/aromatic N) is 1. The van der Waals surface area contributed by atoms with E-state index in [9.17, 15) is 54.0 Å². The second-order valence-corrected chi connectivity index (χ2v) is 10.7. The van der Waals surface area contributed by atoms with Crippen LogP contribution in [0.4, 0.5) is 0 Å². The summed E-state index contributed by atoms with van der Waals surface area (Å²) in [5.41, 5.74) is -1.75. The Hall–Kier alpha value is -1.38. The molecule has 0 radical (unpaired) electrons. The highest BCUT2D eigenvalue weighted by Crippen LogP contribution is 2.61. The van der Waals surface area contributed by atoms with Gasteiger partial charge >= 0.3 is 21.3 Å². The summed E-state index contributed by atoms with van der Waals surface area (Å²) >= 11 is 0. The van der Waals surface area contributed by atoms with Gasteiger partial charge in [-0.05, 0) is 0 Å². The van der Waals surface area contributed by atoms with Crippen LogP contribution in [0.25, 0.3) is 0 Å². The van der Waals surface area contributed by atoms with E-state index in [0.717, 1.165) is 16.8 Å². The zero-order valence-corrected chi connectivity index (χ0v) is 19.6. The van der Waals surface area contributed by atoms with E-state index in [1.165, 1.54) is 0 Å². The largest absolute Gasteiger partial charge is 0.483 e.